The molecule has 31 heavy (non-hydrogen) atoms. The Morgan fingerprint density at radius 1 is 1.35 bits per heavy atom. The van der Waals surface area contributed by atoms with E-state index < -0.39 is 23.8 Å². The highest BCUT2D eigenvalue weighted by Crippen LogP contribution is 2.38. The molecule has 1 heterocycles. The average molecular weight is 456 g/mol. The maximum Gasteiger partial charge on any atom is 0.573 e. The first-order valence-electron chi connectivity index (χ1n) is 9.38. The van der Waals surface area contributed by atoms with Crippen LogP contribution in [0.25, 0.3) is 0 Å². The van der Waals surface area contributed by atoms with Crippen LogP contribution in [-0.2, 0) is 6.54 Å². The Morgan fingerprint density at radius 3 is 2.81 bits per heavy atom. The maximum atomic E-state index is 14.2. The number of alkyl halides is 3. The number of halogens is 4. The molecule has 3 rings (SSSR count). The van der Waals surface area contributed by atoms with Gasteiger partial charge in [0.25, 0.3) is 5.91 Å². The van der Waals surface area contributed by atoms with Crippen LogP contribution >= 0.6 is 11.8 Å². The van der Waals surface area contributed by atoms with Gasteiger partial charge in [0.05, 0.1) is 0 Å². The molecule has 166 valence electrons. The summed E-state index contributed by atoms with van der Waals surface area (Å²) in [4.78, 5) is 21.1. The third-order valence-electron chi connectivity index (χ3n) is 4.34. The predicted octanol–water partition coefficient (Wildman–Crippen LogP) is 4.61. The summed E-state index contributed by atoms with van der Waals surface area (Å²) in [5.41, 5.74) is -0.225. The molecule has 6 nitrogen and oxygen atoms in total. The van der Waals surface area contributed by atoms with Crippen molar-refractivity contribution in [1.29, 1.82) is 0 Å². The minimum atomic E-state index is -4.97. The number of benzene rings is 1. The number of carbonyl (C=O) groups is 1. The quantitative estimate of drug-likeness (QED) is 0.537. The van der Waals surface area contributed by atoms with Crippen molar-refractivity contribution < 1.29 is 27.1 Å². The van der Waals surface area contributed by atoms with Gasteiger partial charge in [-0.15, -0.1) is 24.9 Å². The van der Waals surface area contributed by atoms with Crippen molar-refractivity contribution in [1.82, 2.24) is 15.3 Å². The van der Waals surface area contributed by atoms with E-state index >= 15 is 0 Å². The number of thioether (sulfide) groups is 1. The summed E-state index contributed by atoms with van der Waals surface area (Å²) in [6.45, 7) is -0.0910. The van der Waals surface area contributed by atoms with E-state index in [0.717, 1.165) is 31.0 Å². The molecular weight excluding hydrogens is 436 g/mol. The summed E-state index contributed by atoms with van der Waals surface area (Å²) >= 11 is 1.48. The number of hydrogen-bond acceptors (Lipinski definition) is 6. The Bertz CT molecular complexity index is 965. The number of rotatable bonds is 9. The smallest absolute Gasteiger partial charge is 0.405 e. The van der Waals surface area contributed by atoms with Crippen LogP contribution in [0.4, 0.5) is 23.4 Å². The molecule has 1 aliphatic rings. The fourth-order valence-electron chi connectivity index (χ4n) is 2.73. The summed E-state index contributed by atoms with van der Waals surface area (Å²) < 4.78 is 56.1. The molecule has 11 heteroatoms. The van der Waals surface area contributed by atoms with E-state index in [4.69, 9.17) is 0 Å². The van der Waals surface area contributed by atoms with Gasteiger partial charge in [-0.25, -0.2) is 14.4 Å². The maximum absolute atomic E-state index is 14.2. The molecule has 1 amide bonds. The van der Waals surface area contributed by atoms with Crippen LogP contribution in [0, 0.1) is 5.82 Å². The highest BCUT2D eigenvalue weighted by atomic mass is 32.2. The van der Waals surface area contributed by atoms with Gasteiger partial charge >= 0.3 is 6.36 Å². The molecule has 0 unspecified atom stereocenters. The number of nitrogens with one attached hydrogen (secondary N) is 2. The second-order valence-electron chi connectivity index (χ2n) is 6.70. The average Bonchev–Trinajstić information content (AvgIpc) is 3.55. The van der Waals surface area contributed by atoms with Gasteiger partial charge in [0.1, 0.15) is 28.8 Å². The first kappa shape index (κ1) is 22.9. The van der Waals surface area contributed by atoms with E-state index in [1.807, 2.05) is 11.7 Å². The van der Waals surface area contributed by atoms with Crippen LogP contribution in [0.2, 0.25) is 0 Å². The SMILES string of the molecule is CS/C=C/CNC(=O)c1cnc(C2CC2)nc1NCc1c(F)cccc1OC(F)(F)F. The Hall–Kier alpha value is -2.82. The van der Waals surface area contributed by atoms with Gasteiger partial charge in [0.15, 0.2) is 0 Å². The number of nitrogens with zero attached hydrogens (tertiary/aromatic N) is 2. The summed E-state index contributed by atoms with van der Waals surface area (Å²) in [5.74, 6) is -1.18. The van der Waals surface area contributed by atoms with Gasteiger partial charge in [0, 0.05) is 30.8 Å². The van der Waals surface area contributed by atoms with Crippen LogP contribution in [0.5, 0.6) is 5.75 Å². The monoisotopic (exact) mass is 456 g/mol. The molecule has 0 atom stereocenters. The minimum absolute atomic E-state index is 0.108. The topological polar surface area (TPSA) is 76.1 Å². The molecular formula is C20H20F4N4O2S. The predicted molar refractivity (Wildman–Crippen MR) is 109 cm³/mol. The Morgan fingerprint density at radius 2 is 2.13 bits per heavy atom. The summed E-state index contributed by atoms with van der Waals surface area (Å²) in [5, 5.41) is 7.28. The fourth-order valence-corrected chi connectivity index (χ4v) is 3.02. The third kappa shape index (κ3) is 6.58. The van der Waals surface area contributed by atoms with Crippen molar-refractivity contribution >= 4 is 23.5 Å². The van der Waals surface area contributed by atoms with Crippen molar-refractivity contribution in [2.45, 2.75) is 31.7 Å². The molecule has 1 saturated carbocycles. The molecule has 2 N–H and O–H groups in total. The van der Waals surface area contributed by atoms with Crippen LogP contribution < -0.4 is 15.4 Å². The summed E-state index contributed by atoms with van der Waals surface area (Å²) in [6.07, 6.45) is 1.87. The molecule has 1 aromatic carbocycles. The van der Waals surface area contributed by atoms with Gasteiger partial charge in [-0.3, -0.25) is 4.79 Å². The van der Waals surface area contributed by atoms with E-state index in [9.17, 15) is 22.4 Å². The third-order valence-corrected chi connectivity index (χ3v) is 4.81. The summed E-state index contributed by atoms with van der Waals surface area (Å²) in [7, 11) is 0. The molecule has 0 radical (unpaired) electrons. The first-order chi connectivity index (χ1) is 14.8. The Labute approximate surface area is 180 Å². The van der Waals surface area contributed by atoms with Crippen LogP contribution in [0.3, 0.4) is 0 Å². The number of aromatic nitrogens is 2. The lowest BCUT2D eigenvalue weighted by Gasteiger charge is -2.16. The molecule has 1 aromatic heterocycles. The molecule has 2 aromatic rings. The number of ether oxygens (including phenoxy) is 1. The molecule has 0 saturated heterocycles. The highest BCUT2D eigenvalue weighted by molar-refractivity contribution is 8.01. The lowest BCUT2D eigenvalue weighted by atomic mass is 10.1. The van der Waals surface area contributed by atoms with Crippen LogP contribution in [-0.4, -0.2) is 35.0 Å². The van der Waals surface area contributed by atoms with Gasteiger partial charge in [-0.2, -0.15) is 0 Å². The normalized spacial score (nSPS) is 14.0. The largest absolute Gasteiger partial charge is 0.573 e. The lowest BCUT2D eigenvalue weighted by molar-refractivity contribution is -0.274. The van der Waals surface area contributed by atoms with E-state index in [0.29, 0.717) is 5.82 Å². The van der Waals surface area contributed by atoms with Crippen molar-refractivity contribution in [3.05, 3.63) is 58.6 Å². The fraction of sp³-hybridized carbons (Fsp3) is 0.350. The summed E-state index contributed by atoms with van der Waals surface area (Å²) in [6, 6.07) is 3.17. The second-order valence-corrected chi connectivity index (χ2v) is 7.44. The molecule has 0 bridgehead atoms. The van der Waals surface area contributed by atoms with Gasteiger partial charge in [-0.1, -0.05) is 12.1 Å². The Balaban J connectivity index is 1.82. The van der Waals surface area contributed by atoms with Crippen LogP contribution in [0.15, 0.2) is 35.9 Å². The van der Waals surface area contributed by atoms with Gasteiger partial charge < -0.3 is 15.4 Å². The highest BCUT2D eigenvalue weighted by Gasteiger charge is 2.33. The number of hydrogen-bond donors (Lipinski definition) is 2. The van der Waals surface area contributed by atoms with Crippen LogP contribution in [0.1, 0.15) is 40.5 Å². The van der Waals surface area contributed by atoms with E-state index in [-0.39, 0.29) is 36.0 Å². The molecule has 1 fully saturated rings. The van der Waals surface area contributed by atoms with Crippen molar-refractivity contribution in [2.75, 3.05) is 18.1 Å². The number of carbonyl (C=O) groups excluding carboxylic acids is 1. The Kier molecular flexibility index (Phi) is 7.37. The zero-order valence-electron chi connectivity index (χ0n) is 16.5. The zero-order valence-corrected chi connectivity index (χ0v) is 17.3. The number of anilines is 1. The lowest BCUT2D eigenvalue weighted by Crippen LogP contribution is -2.25. The zero-order chi connectivity index (χ0) is 22.4. The molecule has 1 aliphatic carbocycles. The van der Waals surface area contributed by atoms with Crippen molar-refractivity contribution in [3.63, 3.8) is 0 Å². The molecule has 0 aliphatic heterocycles. The second kappa shape index (κ2) is 9.99. The van der Waals surface area contributed by atoms with Gasteiger partial charge in [0.2, 0.25) is 0 Å². The molecule has 0 spiro atoms. The minimum Gasteiger partial charge on any atom is -0.405 e. The standard InChI is InChI=1S/C20H20F4N4O2S/c1-31-9-3-8-25-19(29)14-11-26-17(12-6-7-12)28-18(14)27-10-13-15(21)4-2-5-16(13)30-20(22,23)24/h2-5,9,11-12H,6-8,10H2,1H3,(H,25,29)(H,26,27,28)/b9-3+. The first-order valence-corrected chi connectivity index (χ1v) is 10.7. The van der Waals surface area contributed by atoms with Crippen molar-refractivity contribution in [2.24, 2.45) is 0 Å². The van der Waals surface area contributed by atoms with Crippen molar-refractivity contribution in [3.8, 4) is 5.75 Å². The van der Waals surface area contributed by atoms with Gasteiger partial charge in [-0.05, 0) is 36.6 Å². The van der Waals surface area contributed by atoms with E-state index in [1.165, 1.54) is 18.0 Å². The van der Waals surface area contributed by atoms with E-state index in [2.05, 4.69) is 25.3 Å². The number of amides is 1. The van der Waals surface area contributed by atoms with E-state index in [1.54, 1.807) is 6.08 Å².